The summed E-state index contributed by atoms with van der Waals surface area (Å²) in [6.45, 7) is 3.70. The lowest BCUT2D eigenvalue weighted by molar-refractivity contribution is 0.0697. The molecule has 2 N–H and O–H groups in total. The molecule has 0 aliphatic carbocycles. The maximum atomic E-state index is 11.1. The predicted molar refractivity (Wildman–Crippen MR) is 68.3 cm³/mol. The second-order valence-electron chi connectivity index (χ2n) is 3.77. The third-order valence-corrected chi connectivity index (χ3v) is 3.24. The van der Waals surface area contributed by atoms with Crippen LogP contribution in [0.25, 0.3) is 0 Å². The first kappa shape index (κ1) is 11.6. The molecule has 0 saturated heterocycles. The van der Waals surface area contributed by atoms with E-state index in [1.165, 1.54) is 0 Å². The highest BCUT2D eigenvalue weighted by molar-refractivity contribution is 7.10. The van der Waals surface area contributed by atoms with Crippen LogP contribution < -0.4 is 5.32 Å². The van der Waals surface area contributed by atoms with Crippen LogP contribution in [0.5, 0.6) is 0 Å². The summed E-state index contributed by atoms with van der Waals surface area (Å²) in [7, 11) is 0. The Morgan fingerprint density at radius 3 is 2.53 bits per heavy atom. The number of hydrogen-bond donors (Lipinski definition) is 2. The van der Waals surface area contributed by atoms with Gasteiger partial charge in [0.05, 0.1) is 5.69 Å². The third kappa shape index (κ3) is 2.45. The fourth-order valence-electron chi connectivity index (χ4n) is 1.47. The van der Waals surface area contributed by atoms with Crippen molar-refractivity contribution in [1.82, 2.24) is 4.37 Å². The van der Waals surface area contributed by atoms with Gasteiger partial charge in [0, 0.05) is 5.69 Å². The van der Waals surface area contributed by atoms with Crippen molar-refractivity contribution < 1.29 is 9.90 Å². The van der Waals surface area contributed by atoms with Crippen LogP contribution in [0, 0.1) is 13.8 Å². The normalized spacial score (nSPS) is 10.2. The van der Waals surface area contributed by atoms with E-state index in [2.05, 4.69) is 9.69 Å². The highest BCUT2D eigenvalue weighted by Gasteiger charge is 2.17. The number of nitrogens with one attached hydrogen (secondary N) is 1. The molecule has 88 valence electrons. The number of aromatic carboxylic acids is 1. The van der Waals surface area contributed by atoms with E-state index in [0.717, 1.165) is 22.8 Å². The van der Waals surface area contributed by atoms with Crippen molar-refractivity contribution in [1.29, 1.82) is 0 Å². The number of aromatic nitrogens is 1. The molecule has 0 spiro atoms. The molecule has 0 unspecified atom stereocenters. The van der Waals surface area contributed by atoms with Crippen molar-refractivity contribution in [2.24, 2.45) is 0 Å². The molecule has 2 aromatic rings. The van der Waals surface area contributed by atoms with Crippen LogP contribution in [0.15, 0.2) is 24.3 Å². The van der Waals surface area contributed by atoms with Crippen LogP contribution in [-0.2, 0) is 0 Å². The molecule has 17 heavy (non-hydrogen) atoms. The van der Waals surface area contributed by atoms with E-state index in [9.17, 15) is 4.79 Å². The summed E-state index contributed by atoms with van der Waals surface area (Å²) in [5.74, 6) is -0.953. The van der Waals surface area contributed by atoms with Gasteiger partial charge in [-0.25, -0.2) is 4.79 Å². The van der Waals surface area contributed by atoms with Gasteiger partial charge in [0.15, 0.2) is 0 Å². The SMILES string of the molecule is Cc1ccc(Nc2snc(C)c2C(=O)O)cc1. The van der Waals surface area contributed by atoms with Gasteiger partial charge in [-0.15, -0.1) is 0 Å². The van der Waals surface area contributed by atoms with Gasteiger partial charge in [-0.3, -0.25) is 0 Å². The largest absolute Gasteiger partial charge is 0.478 e. The van der Waals surface area contributed by atoms with E-state index < -0.39 is 5.97 Å². The number of rotatable bonds is 3. The molecule has 0 bridgehead atoms. The van der Waals surface area contributed by atoms with Gasteiger partial charge in [-0.05, 0) is 37.5 Å². The predicted octanol–water partition coefficient (Wildman–Crippen LogP) is 3.20. The lowest BCUT2D eigenvalue weighted by Gasteiger charge is -2.04. The zero-order chi connectivity index (χ0) is 12.4. The van der Waals surface area contributed by atoms with Gasteiger partial charge in [0.2, 0.25) is 0 Å². The van der Waals surface area contributed by atoms with Crippen LogP contribution >= 0.6 is 11.5 Å². The lowest BCUT2D eigenvalue weighted by atomic mass is 10.2. The first-order chi connectivity index (χ1) is 8.08. The van der Waals surface area contributed by atoms with Gasteiger partial charge in [0.25, 0.3) is 0 Å². The van der Waals surface area contributed by atoms with Crippen molar-refractivity contribution in [3.05, 3.63) is 41.1 Å². The fourth-order valence-corrected chi connectivity index (χ4v) is 2.28. The van der Waals surface area contributed by atoms with E-state index >= 15 is 0 Å². The van der Waals surface area contributed by atoms with Crippen LogP contribution in [0.3, 0.4) is 0 Å². The third-order valence-electron chi connectivity index (χ3n) is 2.39. The van der Waals surface area contributed by atoms with Gasteiger partial charge >= 0.3 is 5.97 Å². The molecule has 5 heteroatoms. The van der Waals surface area contributed by atoms with Crippen molar-refractivity contribution in [2.45, 2.75) is 13.8 Å². The second-order valence-corrected chi connectivity index (χ2v) is 4.54. The number of carboxylic acids is 1. The number of nitrogens with zero attached hydrogens (tertiary/aromatic N) is 1. The molecule has 0 saturated carbocycles. The lowest BCUT2D eigenvalue weighted by Crippen LogP contribution is -2.01. The van der Waals surface area contributed by atoms with Gasteiger partial charge in [-0.1, -0.05) is 17.7 Å². The van der Waals surface area contributed by atoms with E-state index in [1.807, 2.05) is 31.2 Å². The molecule has 0 fully saturated rings. The molecule has 1 heterocycles. The summed E-state index contributed by atoms with van der Waals surface area (Å²) < 4.78 is 4.05. The maximum Gasteiger partial charge on any atom is 0.340 e. The molecule has 0 aliphatic rings. The summed E-state index contributed by atoms with van der Waals surface area (Å²) in [4.78, 5) is 11.1. The van der Waals surface area contributed by atoms with Crippen molar-refractivity contribution >= 4 is 28.2 Å². The highest BCUT2D eigenvalue weighted by Crippen LogP contribution is 2.27. The Bertz CT molecular complexity index is 546. The monoisotopic (exact) mass is 248 g/mol. The van der Waals surface area contributed by atoms with Crippen LogP contribution in [0.2, 0.25) is 0 Å². The average molecular weight is 248 g/mol. The molecule has 1 aromatic carbocycles. The first-order valence-electron chi connectivity index (χ1n) is 5.11. The zero-order valence-corrected chi connectivity index (χ0v) is 10.3. The van der Waals surface area contributed by atoms with E-state index in [-0.39, 0.29) is 5.56 Å². The van der Waals surface area contributed by atoms with Crippen LogP contribution in [0.1, 0.15) is 21.6 Å². The van der Waals surface area contributed by atoms with Crippen LogP contribution in [0.4, 0.5) is 10.7 Å². The maximum absolute atomic E-state index is 11.1. The van der Waals surface area contributed by atoms with Crippen LogP contribution in [-0.4, -0.2) is 15.4 Å². The number of anilines is 2. The average Bonchev–Trinajstić information content (AvgIpc) is 2.63. The zero-order valence-electron chi connectivity index (χ0n) is 9.52. The summed E-state index contributed by atoms with van der Waals surface area (Å²) in [5.41, 5.74) is 2.81. The Morgan fingerprint density at radius 2 is 1.94 bits per heavy atom. The minimum absolute atomic E-state index is 0.246. The molecular weight excluding hydrogens is 236 g/mol. The summed E-state index contributed by atoms with van der Waals surface area (Å²) in [6.07, 6.45) is 0. The molecule has 0 amide bonds. The van der Waals surface area contributed by atoms with Crippen molar-refractivity contribution in [3.63, 3.8) is 0 Å². The Morgan fingerprint density at radius 1 is 1.29 bits per heavy atom. The van der Waals surface area contributed by atoms with Gasteiger partial charge in [-0.2, -0.15) is 4.37 Å². The summed E-state index contributed by atoms with van der Waals surface area (Å²) in [6, 6.07) is 7.76. The molecule has 0 aliphatic heterocycles. The highest BCUT2D eigenvalue weighted by atomic mass is 32.1. The molecule has 0 radical (unpaired) electrons. The Hall–Kier alpha value is -1.88. The number of hydrogen-bond acceptors (Lipinski definition) is 4. The summed E-state index contributed by atoms with van der Waals surface area (Å²) in [5, 5.41) is 12.7. The van der Waals surface area contributed by atoms with Crippen molar-refractivity contribution in [2.75, 3.05) is 5.32 Å². The second kappa shape index (κ2) is 4.55. The number of carboxylic acid groups (broad SMARTS) is 1. The molecule has 1 aromatic heterocycles. The fraction of sp³-hybridized carbons (Fsp3) is 0.167. The first-order valence-corrected chi connectivity index (χ1v) is 5.88. The number of benzene rings is 1. The molecule has 2 rings (SSSR count). The standard InChI is InChI=1S/C12H12N2O2S/c1-7-3-5-9(6-4-7)13-11-10(12(15)16)8(2)14-17-11/h3-6,13H,1-2H3,(H,15,16). The Balaban J connectivity index is 2.30. The quantitative estimate of drug-likeness (QED) is 0.875. The van der Waals surface area contributed by atoms with Crippen molar-refractivity contribution in [3.8, 4) is 0 Å². The molecule has 0 atom stereocenters. The minimum atomic E-state index is -0.953. The topological polar surface area (TPSA) is 62.2 Å². The van der Waals surface area contributed by atoms with E-state index in [1.54, 1.807) is 6.92 Å². The van der Waals surface area contributed by atoms with E-state index in [0.29, 0.717) is 10.7 Å². The minimum Gasteiger partial charge on any atom is -0.478 e. The Labute approximate surface area is 103 Å². The van der Waals surface area contributed by atoms with Gasteiger partial charge < -0.3 is 10.4 Å². The molecular formula is C12H12N2O2S. The Kier molecular flexibility index (Phi) is 3.10. The molecule has 4 nitrogen and oxygen atoms in total. The summed E-state index contributed by atoms with van der Waals surface area (Å²) >= 11 is 1.16. The number of carbonyl (C=O) groups is 1. The number of aryl methyl sites for hydroxylation is 2. The van der Waals surface area contributed by atoms with Gasteiger partial charge in [0.1, 0.15) is 10.6 Å². The smallest absolute Gasteiger partial charge is 0.340 e. The van der Waals surface area contributed by atoms with E-state index in [4.69, 9.17) is 5.11 Å².